The Labute approximate surface area is 138 Å². The van der Waals surface area contributed by atoms with E-state index in [2.05, 4.69) is 10.3 Å². The summed E-state index contributed by atoms with van der Waals surface area (Å²) in [6.07, 6.45) is 1.52. The number of aromatic amines is 1. The third-order valence-electron chi connectivity index (χ3n) is 3.83. The number of nitrogens with one attached hydrogen (secondary N) is 2. The van der Waals surface area contributed by atoms with Gasteiger partial charge in [0.1, 0.15) is 22.8 Å². The minimum absolute atomic E-state index is 0.0510. The summed E-state index contributed by atoms with van der Waals surface area (Å²) in [7, 11) is 0. The molecule has 1 amide bonds. The Bertz CT molecular complexity index is 919. The van der Waals surface area contributed by atoms with Crippen LogP contribution in [0, 0.1) is 13.8 Å². The van der Waals surface area contributed by atoms with E-state index in [0.29, 0.717) is 11.5 Å². The van der Waals surface area contributed by atoms with Gasteiger partial charge in [-0.15, -0.1) is 0 Å². The molecule has 0 aromatic carbocycles. The van der Waals surface area contributed by atoms with E-state index in [1.807, 2.05) is 26.8 Å². The first-order valence-electron chi connectivity index (χ1n) is 7.60. The van der Waals surface area contributed by atoms with Gasteiger partial charge in [0.15, 0.2) is 0 Å². The minimum atomic E-state index is -0.464. The monoisotopic (exact) mass is 326 g/mol. The number of aromatic nitrogens is 1. The van der Waals surface area contributed by atoms with Gasteiger partial charge in [0.2, 0.25) is 0 Å². The zero-order valence-corrected chi connectivity index (χ0v) is 13.7. The lowest BCUT2D eigenvalue weighted by molar-refractivity contribution is 0.0938. The Morgan fingerprint density at radius 1 is 1.25 bits per heavy atom. The van der Waals surface area contributed by atoms with Gasteiger partial charge in [-0.05, 0) is 51.1 Å². The lowest BCUT2D eigenvalue weighted by Gasteiger charge is -2.13. The topological polar surface area (TPSA) is 88.2 Å². The van der Waals surface area contributed by atoms with Gasteiger partial charge in [0, 0.05) is 5.56 Å². The Morgan fingerprint density at radius 3 is 2.62 bits per heavy atom. The van der Waals surface area contributed by atoms with E-state index >= 15 is 0 Å². The van der Waals surface area contributed by atoms with Gasteiger partial charge in [0.25, 0.3) is 11.5 Å². The molecule has 0 aliphatic carbocycles. The number of carbonyl (C=O) groups excluding carboxylic acids is 1. The molecule has 0 unspecified atom stereocenters. The molecular formula is C18H18N2O4. The number of furan rings is 2. The van der Waals surface area contributed by atoms with Crippen LogP contribution in [0.4, 0.5) is 0 Å². The first-order valence-corrected chi connectivity index (χ1v) is 7.60. The quantitative estimate of drug-likeness (QED) is 0.769. The normalized spacial score (nSPS) is 12.1. The van der Waals surface area contributed by atoms with Crippen molar-refractivity contribution in [3.05, 3.63) is 69.6 Å². The van der Waals surface area contributed by atoms with Crippen LogP contribution in [0.25, 0.3) is 11.5 Å². The predicted molar refractivity (Wildman–Crippen MR) is 88.8 cm³/mol. The largest absolute Gasteiger partial charge is 0.466 e. The summed E-state index contributed by atoms with van der Waals surface area (Å²) < 4.78 is 10.7. The van der Waals surface area contributed by atoms with Crippen molar-refractivity contribution >= 4 is 5.91 Å². The van der Waals surface area contributed by atoms with E-state index in [9.17, 15) is 9.59 Å². The fourth-order valence-corrected chi connectivity index (χ4v) is 2.66. The van der Waals surface area contributed by atoms with Crippen molar-refractivity contribution < 1.29 is 13.6 Å². The molecule has 124 valence electrons. The molecule has 0 bridgehead atoms. The molecule has 3 aromatic rings. The maximum atomic E-state index is 12.4. The van der Waals surface area contributed by atoms with Crippen LogP contribution in [0.2, 0.25) is 0 Å². The molecule has 0 aliphatic rings. The van der Waals surface area contributed by atoms with E-state index in [1.165, 1.54) is 12.3 Å². The molecule has 24 heavy (non-hydrogen) atoms. The number of amides is 1. The summed E-state index contributed by atoms with van der Waals surface area (Å²) in [5, 5.41) is 2.82. The predicted octanol–water partition coefficient (Wildman–Crippen LogP) is 3.34. The molecule has 1 atom stereocenters. The van der Waals surface area contributed by atoms with Crippen LogP contribution in [-0.2, 0) is 0 Å². The Kier molecular flexibility index (Phi) is 4.12. The second-order valence-corrected chi connectivity index (χ2v) is 5.66. The van der Waals surface area contributed by atoms with Crippen molar-refractivity contribution in [2.45, 2.75) is 26.8 Å². The molecule has 0 radical (unpaired) electrons. The zero-order valence-electron chi connectivity index (χ0n) is 13.7. The van der Waals surface area contributed by atoms with Crippen LogP contribution in [-0.4, -0.2) is 10.9 Å². The van der Waals surface area contributed by atoms with Crippen molar-refractivity contribution in [3.63, 3.8) is 0 Å². The molecule has 2 N–H and O–H groups in total. The minimum Gasteiger partial charge on any atom is -0.466 e. The van der Waals surface area contributed by atoms with E-state index in [1.54, 1.807) is 18.2 Å². The summed E-state index contributed by atoms with van der Waals surface area (Å²) in [5.74, 6) is 1.64. The Balaban J connectivity index is 1.80. The molecular weight excluding hydrogens is 308 g/mol. The number of hydrogen-bond acceptors (Lipinski definition) is 4. The molecule has 0 fully saturated rings. The van der Waals surface area contributed by atoms with Gasteiger partial charge < -0.3 is 19.1 Å². The second kappa shape index (κ2) is 6.23. The van der Waals surface area contributed by atoms with Gasteiger partial charge in [-0.3, -0.25) is 9.59 Å². The van der Waals surface area contributed by atoms with Crippen molar-refractivity contribution in [2.24, 2.45) is 0 Å². The first kappa shape index (κ1) is 15.9. The molecule has 0 saturated carbocycles. The van der Waals surface area contributed by atoms with Crippen LogP contribution in [0.3, 0.4) is 0 Å². The van der Waals surface area contributed by atoms with Crippen LogP contribution >= 0.6 is 0 Å². The van der Waals surface area contributed by atoms with Crippen molar-refractivity contribution in [2.75, 3.05) is 0 Å². The number of pyridine rings is 1. The highest BCUT2D eigenvalue weighted by atomic mass is 16.3. The Morgan fingerprint density at radius 2 is 2.04 bits per heavy atom. The fourth-order valence-electron chi connectivity index (χ4n) is 2.66. The summed E-state index contributed by atoms with van der Waals surface area (Å²) in [4.78, 5) is 27.2. The number of hydrogen-bond donors (Lipinski definition) is 2. The van der Waals surface area contributed by atoms with Gasteiger partial charge in [-0.25, -0.2) is 0 Å². The van der Waals surface area contributed by atoms with Gasteiger partial charge >= 0.3 is 0 Å². The van der Waals surface area contributed by atoms with Crippen LogP contribution in [0.5, 0.6) is 0 Å². The average Bonchev–Trinajstić information content (AvgIpc) is 3.16. The van der Waals surface area contributed by atoms with E-state index in [4.69, 9.17) is 8.83 Å². The molecule has 0 spiro atoms. The standard InChI is InChI=1S/C18H18N2O4/c1-10-9-14(12(3)24-10)11(2)19-17(21)13-6-7-15(20-18(13)22)16-5-4-8-23-16/h4-9,11H,1-3H3,(H,19,21)(H,20,22)/t11-/m1/s1. The van der Waals surface area contributed by atoms with E-state index in [0.717, 1.165) is 17.1 Å². The van der Waals surface area contributed by atoms with Crippen molar-refractivity contribution in [1.29, 1.82) is 0 Å². The maximum absolute atomic E-state index is 12.4. The molecule has 6 heteroatoms. The van der Waals surface area contributed by atoms with Crippen LogP contribution < -0.4 is 10.9 Å². The molecule has 3 rings (SSSR count). The summed E-state index contributed by atoms with van der Waals surface area (Å²) >= 11 is 0. The number of aryl methyl sites for hydroxylation is 2. The highest BCUT2D eigenvalue weighted by Gasteiger charge is 2.18. The highest BCUT2D eigenvalue weighted by molar-refractivity contribution is 5.94. The lowest BCUT2D eigenvalue weighted by atomic mass is 10.1. The van der Waals surface area contributed by atoms with Gasteiger partial charge in [0.05, 0.1) is 18.0 Å². The van der Waals surface area contributed by atoms with Crippen molar-refractivity contribution in [3.8, 4) is 11.5 Å². The highest BCUT2D eigenvalue weighted by Crippen LogP contribution is 2.21. The fraction of sp³-hybridized carbons (Fsp3) is 0.222. The van der Waals surface area contributed by atoms with E-state index in [-0.39, 0.29) is 11.6 Å². The lowest BCUT2D eigenvalue weighted by Crippen LogP contribution is -2.31. The van der Waals surface area contributed by atoms with Crippen LogP contribution in [0.15, 0.2) is 50.2 Å². The molecule has 0 saturated heterocycles. The third kappa shape index (κ3) is 3.03. The Hall–Kier alpha value is -3.02. The SMILES string of the molecule is Cc1cc([C@@H](C)NC(=O)c2ccc(-c3ccco3)[nH]c2=O)c(C)o1. The van der Waals surface area contributed by atoms with Crippen LogP contribution in [0.1, 0.15) is 40.4 Å². The average molecular weight is 326 g/mol. The molecule has 3 heterocycles. The molecule has 6 nitrogen and oxygen atoms in total. The smallest absolute Gasteiger partial charge is 0.261 e. The summed E-state index contributed by atoms with van der Waals surface area (Å²) in [6, 6.07) is 8.21. The van der Waals surface area contributed by atoms with Gasteiger partial charge in [-0.2, -0.15) is 0 Å². The third-order valence-corrected chi connectivity index (χ3v) is 3.83. The number of carbonyl (C=O) groups is 1. The molecule has 0 aliphatic heterocycles. The second-order valence-electron chi connectivity index (χ2n) is 5.66. The van der Waals surface area contributed by atoms with E-state index < -0.39 is 11.5 Å². The number of rotatable bonds is 4. The number of H-pyrrole nitrogens is 1. The first-order chi connectivity index (χ1) is 11.5. The maximum Gasteiger partial charge on any atom is 0.261 e. The van der Waals surface area contributed by atoms with Crippen molar-refractivity contribution in [1.82, 2.24) is 10.3 Å². The summed E-state index contributed by atoms with van der Waals surface area (Å²) in [5.41, 5.74) is 1.00. The zero-order chi connectivity index (χ0) is 17.3. The summed E-state index contributed by atoms with van der Waals surface area (Å²) in [6.45, 7) is 5.54. The molecule has 3 aromatic heterocycles. The van der Waals surface area contributed by atoms with Gasteiger partial charge in [-0.1, -0.05) is 0 Å².